The molecule has 2 fully saturated rings. The van der Waals surface area contributed by atoms with Gasteiger partial charge in [-0.05, 0) is 37.3 Å². The molecule has 0 radical (unpaired) electrons. The van der Waals surface area contributed by atoms with Gasteiger partial charge in [0.2, 0.25) is 0 Å². The van der Waals surface area contributed by atoms with Crippen LogP contribution in [0.2, 0.25) is 0 Å². The number of nitrogens with two attached hydrogens (primary N) is 1. The van der Waals surface area contributed by atoms with E-state index in [-0.39, 0.29) is 0 Å². The lowest BCUT2D eigenvalue weighted by Crippen LogP contribution is -2.31. The summed E-state index contributed by atoms with van der Waals surface area (Å²) in [6, 6.07) is 4.87. The number of nitrogens with zero attached hydrogens (tertiary/aromatic N) is 1. The van der Waals surface area contributed by atoms with Gasteiger partial charge in [-0.25, -0.2) is 0 Å². The molecule has 1 aliphatic heterocycles. The average molecular weight is 206 g/mol. The fourth-order valence-electron chi connectivity index (χ4n) is 3.04. The molecule has 2 N–H and O–H groups in total. The molecule has 1 aliphatic carbocycles. The van der Waals surface area contributed by atoms with E-state index in [1.807, 2.05) is 6.07 Å². The van der Waals surface area contributed by atoms with E-state index in [1.54, 1.807) is 0 Å². The number of piperidine rings is 1. The molecule has 0 spiro atoms. The Kier molecular flexibility index (Phi) is 2.29. The summed E-state index contributed by atoms with van der Waals surface area (Å²) >= 11 is 0. The van der Waals surface area contributed by atoms with E-state index >= 15 is 0 Å². The first kappa shape index (κ1) is 9.43. The maximum absolute atomic E-state index is 5.64. The van der Waals surface area contributed by atoms with E-state index in [2.05, 4.69) is 11.0 Å². The predicted molar refractivity (Wildman–Crippen MR) is 58.1 cm³/mol. The fraction of sp³-hybridized carbons (Fsp3) is 0.667. The zero-order chi connectivity index (χ0) is 10.3. The van der Waals surface area contributed by atoms with Crippen molar-refractivity contribution >= 4 is 0 Å². The second-order valence-corrected chi connectivity index (χ2v) is 4.83. The lowest BCUT2D eigenvalue weighted by molar-refractivity contribution is 0.189. The first-order valence-corrected chi connectivity index (χ1v) is 5.87. The van der Waals surface area contributed by atoms with Crippen LogP contribution in [0.3, 0.4) is 0 Å². The standard InChI is InChI=1S/C12H18N2O/c13-6-11-3-4-12(15-11)8-14-7-9-1-2-10(14)5-9/h3-4,9-10H,1-2,5-8,13H2. The number of hydrogen-bond donors (Lipinski definition) is 1. The molecule has 3 heteroatoms. The van der Waals surface area contributed by atoms with Crippen LogP contribution in [0.25, 0.3) is 0 Å². The SMILES string of the molecule is NCc1ccc(CN2CC3CCC2C3)o1. The number of likely N-dealkylation sites (tertiary alicyclic amines) is 1. The second-order valence-electron chi connectivity index (χ2n) is 4.83. The number of hydrogen-bond acceptors (Lipinski definition) is 3. The van der Waals surface area contributed by atoms with E-state index in [0.29, 0.717) is 6.54 Å². The number of rotatable bonds is 3. The summed E-state index contributed by atoms with van der Waals surface area (Å²) in [6.07, 6.45) is 4.23. The zero-order valence-electron chi connectivity index (χ0n) is 8.98. The average Bonchev–Trinajstić information content (AvgIpc) is 2.92. The van der Waals surface area contributed by atoms with Crippen molar-refractivity contribution in [1.82, 2.24) is 4.90 Å². The molecule has 1 aromatic heterocycles. The largest absolute Gasteiger partial charge is 0.463 e. The van der Waals surface area contributed by atoms with Gasteiger partial charge in [-0.2, -0.15) is 0 Å². The van der Waals surface area contributed by atoms with Crippen molar-refractivity contribution in [3.8, 4) is 0 Å². The van der Waals surface area contributed by atoms with Crippen LogP contribution < -0.4 is 5.73 Å². The van der Waals surface area contributed by atoms with E-state index in [0.717, 1.165) is 30.0 Å². The monoisotopic (exact) mass is 206 g/mol. The lowest BCUT2D eigenvalue weighted by atomic mass is 10.1. The van der Waals surface area contributed by atoms with Crippen molar-refractivity contribution in [2.45, 2.75) is 38.4 Å². The van der Waals surface area contributed by atoms with Crippen molar-refractivity contribution in [3.63, 3.8) is 0 Å². The van der Waals surface area contributed by atoms with Crippen LogP contribution in [-0.2, 0) is 13.1 Å². The molecule has 2 aliphatic rings. The minimum atomic E-state index is 0.506. The van der Waals surface area contributed by atoms with Crippen molar-refractivity contribution in [2.75, 3.05) is 6.54 Å². The first-order chi connectivity index (χ1) is 7.35. The van der Waals surface area contributed by atoms with Crippen LogP contribution in [-0.4, -0.2) is 17.5 Å². The van der Waals surface area contributed by atoms with E-state index in [4.69, 9.17) is 10.2 Å². The highest BCUT2D eigenvalue weighted by atomic mass is 16.3. The van der Waals surface area contributed by atoms with Crippen LogP contribution in [0.4, 0.5) is 0 Å². The Morgan fingerprint density at radius 2 is 2.20 bits per heavy atom. The second kappa shape index (κ2) is 3.65. The summed E-state index contributed by atoms with van der Waals surface area (Å²) in [4.78, 5) is 2.56. The Morgan fingerprint density at radius 3 is 2.80 bits per heavy atom. The molecule has 15 heavy (non-hydrogen) atoms. The van der Waals surface area contributed by atoms with Gasteiger partial charge in [0.1, 0.15) is 11.5 Å². The third-order valence-corrected chi connectivity index (χ3v) is 3.80. The van der Waals surface area contributed by atoms with Crippen LogP contribution in [0.1, 0.15) is 30.8 Å². The Bertz CT molecular complexity index is 347. The minimum absolute atomic E-state index is 0.506. The molecule has 82 valence electrons. The molecule has 2 bridgehead atoms. The van der Waals surface area contributed by atoms with Crippen molar-refractivity contribution in [2.24, 2.45) is 11.7 Å². The van der Waals surface area contributed by atoms with E-state index in [9.17, 15) is 0 Å². The highest BCUT2D eigenvalue weighted by Crippen LogP contribution is 2.38. The van der Waals surface area contributed by atoms with E-state index < -0.39 is 0 Å². The van der Waals surface area contributed by atoms with Gasteiger partial charge in [0, 0.05) is 12.6 Å². The Balaban J connectivity index is 1.65. The molecule has 3 rings (SSSR count). The maximum Gasteiger partial charge on any atom is 0.118 e. The fourth-order valence-corrected chi connectivity index (χ4v) is 3.04. The summed E-state index contributed by atoms with van der Waals surface area (Å²) in [7, 11) is 0. The Hall–Kier alpha value is -0.800. The summed E-state index contributed by atoms with van der Waals surface area (Å²) in [5.41, 5.74) is 5.52. The minimum Gasteiger partial charge on any atom is -0.463 e. The highest BCUT2D eigenvalue weighted by Gasteiger charge is 2.37. The Labute approximate surface area is 90.2 Å². The van der Waals surface area contributed by atoms with E-state index in [1.165, 1.54) is 25.8 Å². The van der Waals surface area contributed by atoms with Crippen LogP contribution in [0.15, 0.2) is 16.5 Å². The highest BCUT2D eigenvalue weighted by molar-refractivity contribution is 5.08. The van der Waals surface area contributed by atoms with Crippen molar-refractivity contribution < 1.29 is 4.42 Å². The topological polar surface area (TPSA) is 42.4 Å². The first-order valence-electron chi connectivity index (χ1n) is 5.87. The third kappa shape index (κ3) is 1.70. The smallest absolute Gasteiger partial charge is 0.118 e. The molecule has 3 nitrogen and oxygen atoms in total. The van der Waals surface area contributed by atoms with Gasteiger partial charge in [0.05, 0.1) is 13.1 Å². The van der Waals surface area contributed by atoms with Crippen molar-refractivity contribution in [3.05, 3.63) is 23.7 Å². The van der Waals surface area contributed by atoms with Gasteiger partial charge in [-0.15, -0.1) is 0 Å². The normalized spacial score (nSPS) is 30.2. The van der Waals surface area contributed by atoms with Crippen LogP contribution in [0, 0.1) is 5.92 Å². The van der Waals surface area contributed by atoms with Gasteiger partial charge < -0.3 is 10.2 Å². The summed E-state index contributed by atoms with van der Waals surface area (Å²) < 4.78 is 5.64. The van der Waals surface area contributed by atoms with Crippen LogP contribution in [0.5, 0.6) is 0 Å². The van der Waals surface area contributed by atoms with Gasteiger partial charge in [-0.1, -0.05) is 0 Å². The van der Waals surface area contributed by atoms with Gasteiger partial charge >= 0.3 is 0 Å². The van der Waals surface area contributed by atoms with Gasteiger partial charge in [-0.3, -0.25) is 4.90 Å². The molecule has 2 atom stereocenters. The predicted octanol–water partition coefficient (Wildman–Crippen LogP) is 1.72. The maximum atomic E-state index is 5.64. The quantitative estimate of drug-likeness (QED) is 0.819. The van der Waals surface area contributed by atoms with Gasteiger partial charge in [0.15, 0.2) is 0 Å². The number of furan rings is 1. The Morgan fingerprint density at radius 1 is 1.33 bits per heavy atom. The molecular formula is C12H18N2O. The molecule has 2 unspecified atom stereocenters. The molecule has 1 saturated carbocycles. The van der Waals surface area contributed by atoms with Crippen molar-refractivity contribution in [1.29, 1.82) is 0 Å². The summed E-state index contributed by atoms with van der Waals surface area (Å²) in [6.45, 7) is 2.75. The molecule has 1 aromatic rings. The molecule has 1 saturated heterocycles. The summed E-state index contributed by atoms with van der Waals surface area (Å²) in [5, 5.41) is 0. The van der Waals surface area contributed by atoms with Gasteiger partial charge in [0.25, 0.3) is 0 Å². The molecule has 0 amide bonds. The molecule has 0 aromatic carbocycles. The number of fused-ring (bicyclic) bond motifs is 2. The van der Waals surface area contributed by atoms with Crippen LogP contribution >= 0.6 is 0 Å². The third-order valence-electron chi connectivity index (χ3n) is 3.80. The zero-order valence-corrected chi connectivity index (χ0v) is 8.98. The summed E-state index contributed by atoms with van der Waals surface area (Å²) in [5.74, 6) is 2.93. The molecule has 2 heterocycles. The lowest BCUT2D eigenvalue weighted by Gasteiger charge is -2.25. The molecular weight excluding hydrogens is 188 g/mol.